The Balaban J connectivity index is 2.26. The highest BCUT2D eigenvalue weighted by molar-refractivity contribution is 5.80. The first kappa shape index (κ1) is 10.5. The van der Waals surface area contributed by atoms with Gasteiger partial charge in [-0.3, -0.25) is 4.79 Å². The molecular weight excluding hydrogens is 168 g/mol. The summed E-state index contributed by atoms with van der Waals surface area (Å²) in [5, 5.41) is 8.70. The molecule has 4 heteroatoms. The molecule has 0 aromatic carbocycles. The molecular formula is C9H18N2O2. The summed E-state index contributed by atoms with van der Waals surface area (Å²) in [6.07, 6.45) is 1.64. The fraction of sp³-hybridized carbons (Fsp3) is 0.889. The molecule has 1 aliphatic rings. The van der Waals surface area contributed by atoms with E-state index in [1.54, 1.807) is 0 Å². The van der Waals surface area contributed by atoms with Gasteiger partial charge in [-0.15, -0.1) is 0 Å². The molecule has 4 nitrogen and oxygen atoms in total. The normalized spacial score (nSPS) is 25.3. The highest BCUT2D eigenvalue weighted by Crippen LogP contribution is 2.16. The summed E-state index contributed by atoms with van der Waals surface area (Å²) >= 11 is 0. The lowest BCUT2D eigenvalue weighted by Crippen LogP contribution is -2.34. The van der Waals surface area contributed by atoms with Crippen molar-refractivity contribution in [1.29, 1.82) is 0 Å². The van der Waals surface area contributed by atoms with Gasteiger partial charge >= 0.3 is 0 Å². The van der Waals surface area contributed by atoms with Crippen molar-refractivity contribution in [3.8, 4) is 0 Å². The van der Waals surface area contributed by atoms with Gasteiger partial charge in [0.15, 0.2) is 0 Å². The van der Waals surface area contributed by atoms with E-state index in [1.165, 1.54) is 0 Å². The van der Waals surface area contributed by atoms with Crippen LogP contribution in [-0.2, 0) is 4.79 Å². The van der Waals surface area contributed by atoms with Crippen LogP contribution in [0, 0.1) is 5.92 Å². The minimum absolute atomic E-state index is 0.00240. The molecule has 1 rings (SSSR count). The predicted octanol–water partition coefficient (Wildman–Crippen LogP) is -0.435. The monoisotopic (exact) mass is 186 g/mol. The zero-order valence-corrected chi connectivity index (χ0v) is 8.07. The minimum Gasteiger partial charge on any atom is -0.395 e. The molecule has 0 saturated carbocycles. The number of amides is 1. The lowest BCUT2D eigenvalue weighted by Gasteiger charge is -2.17. The van der Waals surface area contributed by atoms with Crippen LogP contribution >= 0.6 is 0 Å². The van der Waals surface area contributed by atoms with E-state index in [9.17, 15) is 4.79 Å². The number of carbonyl (C=O) groups is 1. The fourth-order valence-electron chi connectivity index (χ4n) is 1.53. The molecule has 0 aliphatic carbocycles. The van der Waals surface area contributed by atoms with Gasteiger partial charge in [0.05, 0.1) is 6.61 Å². The summed E-state index contributed by atoms with van der Waals surface area (Å²) in [6.45, 7) is 3.48. The Morgan fingerprint density at radius 1 is 1.77 bits per heavy atom. The number of nitrogens with two attached hydrogens (primary N) is 1. The number of nitrogens with zero attached hydrogens (tertiary/aromatic N) is 1. The van der Waals surface area contributed by atoms with Crippen molar-refractivity contribution in [2.45, 2.75) is 25.8 Å². The predicted molar refractivity (Wildman–Crippen MR) is 50.0 cm³/mol. The zero-order chi connectivity index (χ0) is 9.84. The number of rotatable bonds is 4. The van der Waals surface area contributed by atoms with Gasteiger partial charge in [-0.2, -0.15) is 0 Å². The third-order valence-electron chi connectivity index (χ3n) is 2.57. The zero-order valence-electron chi connectivity index (χ0n) is 8.07. The van der Waals surface area contributed by atoms with Gasteiger partial charge in [0.2, 0.25) is 5.91 Å². The molecule has 0 aromatic heterocycles. The second kappa shape index (κ2) is 4.58. The van der Waals surface area contributed by atoms with E-state index in [4.69, 9.17) is 10.8 Å². The summed E-state index contributed by atoms with van der Waals surface area (Å²) in [6, 6.07) is -0.191. The Kier molecular flexibility index (Phi) is 3.69. The summed E-state index contributed by atoms with van der Waals surface area (Å²) in [5.74, 6) is 0.399. The van der Waals surface area contributed by atoms with Crippen LogP contribution in [0.15, 0.2) is 0 Å². The number of carbonyl (C=O) groups excluding carboxylic acids is 1. The number of hydrogen-bond donors (Lipinski definition) is 2. The Morgan fingerprint density at radius 2 is 2.46 bits per heavy atom. The van der Waals surface area contributed by atoms with Crippen LogP contribution in [0.1, 0.15) is 19.8 Å². The lowest BCUT2D eigenvalue weighted by atomic mass is 10.1. The Morgan fingerprint density at radius 3 is 2.92 bits per heavy atom. The fourth-order valence-corrected chi connectivity index (χ4v) is 1.53. The first-order valence-corrected chi connectivity index (χ1v) is 4.80. The quantitative estimate of drug-likeness (QED) is 0.625. The maximum atomic E-state index is 11.4. The van der Waals surface area contributed by atoms with Crippen molar-refractivity contribution in [2.24, 2.45) is 11.7 Å². The van der Waals surface area contributed by atoms with Gasteiger partial charge in [-0.1, -0.05) is 6.92 Å². The van der Waals surface area contributed by atoms with Gasteiger partial charge < -0.3 is 15.7 Å². The van der Waals surface area contributed by atoms with E-state index in [0.29, 0.717) is 13.0 Å². The first-order valence-electron chi connectivity index (χ1n) is 4.80. The average molecular weight is 186 g/mol. The molecule has 1 amide bonds. The van der Waals surface area contributed by atoms with E-state index in [0.717, 1.165) is 13.0 Å². The van der Waals surface area contributed by atoms with Gasteiger partial charge in [0.1, 0.15) is 0 Å². The van der Waals surface area contributed by atoms with Gasteiger partial charge in [-0.25, -0.2) is 0 Å². The summed E-state index contributed by atoms with van der Waals surface area (Å²) in [5.41, 5.74) is 5.54. The highest BCUT2D eigenvalue weighted by Gasteiger charge is 2.27. The third-order valence-corrected chi connectivity index (χ3v) is 2.57. The smallest absolute Gasteiger partial charge is 0.225 e. The lowest BCUT2D eigenvalue weighted by molar-refractivity contribution is -0.130. The Bertz CT molecular complexity index is 184. The van der Waals surface area contributed by atoms with Crippen LogP contribution in [0.3, 0.4) is 0 Å². The minimum atomic E-state index is -0.191. The van der Waals surface area contributed by atoms with Gasteiger partial charge in [0.25, 0.3) is 0 Å². The molecule has 1 saturated heterocycles. The maximum Gasteiger partial charge on any atom is 0.225 e. The van der Waals surface area contributed by atoms with Crippen molar-refractivity contribution in [3.63, 3.8) is 0 Å². The number of aliphatic hydroxyl groups is 1. The van der Waals surface area contributed by atoms with Crippen LogP contribution in [0.2, 0.25) is 0 Å². The van der Waals surface area contributed by atoms with Gasteiger partial charge in [0, 0.05) is 25.0 Å². The molecule has 1 heterocycles. The second-order valence-corrected chi connectivity index (χ2v) is 3.75. The number of hydrogen-bond acceptors (Lipinski definition) is 3. The van der Waals surface area contributed by atoms with E-state index < -0.39 is 0 Å². The van der Waals surface area contributed by atoms with Crippen molar-refractivity contribution in [2.75, 3.05) is 19.7 Å². The molecule has 1 fully saturated rings. The molecule has 2 unspecified atom stereocenters. The molecule has 0 spiro atoms. The maximum absolute atomic E-state index is 11.4. The van der Waals surface area contributed by atoms with Crippen molar-refractivity contribution >= 4 is 5.91 Å². The molecule has 3 N–H and O–H groups in total. The summed E-state index contributed by atoms with van der Waals surface area (Å²) in [4.78, 5) is 13.3. The molecule has 13 heavy (non-hydrogen) atoms. The molecule has 76 valence electrons. The van der Waals surface area contributed by atoms with E-state index >= 15 is 0 Å². The second-order valence-electron chi connectivity index (χ2n) is 3.75. The number of likely N-dealkylation sites (tertiary alicyclic amines) is 1. The molecule has 2 atom stereocenters. The Labute approximate surface area is 78.7 Å². The van der Waals surface area contributed by atoms with Gasteiger partial charge in [-0.05, 0) is 12.8 Å². The van der Waals surface area contributed by atoms with Crippen LogP contribution in [0.4, 0.5) is 0 Å². The van der Waals surface area contributed by atoms with E-state index in [2.05, 4.69) is 0 Å². The largest absolute Gasteiger partial charge is 0.395 e. The molecule has 0 aromatic rings. The van der Waals surface area contributed by atoms with E-state index in [1.807, 2.05) is 11.8 Å². The first-order chi connectivity index (χ1) is 6.15. The van der Waals surface area contributed by atoms with Crippen molar-refractivity contribution < 1.29 is 9.90 Å². The topological polar surface area (TPSA) is 66.6 Å². The van der Waals surface area contributed by atoms with Crippen LogP contribution < -0.4 is 5.73 Å². The average Bonchev–Trinajstić information content (AvgIpc) is 2.44. The molecule has 0 radical (unpaired) electrons. The Hall–Kier alpha value is -0.610. The SMILES string of the molecule is CC1CCN(CCC(N)CO)C1=O. The highest BCUT2D eigenvalue weighted by atomic mass is 16.3. The van der Waals surface area contributed by atoms with Crippen LogP contribution in [0.5, 0.6) is 0 Å². The third kappa shape index (κ3) is 2.67. The summed E-state index contributed by atoms with van der Waals surface area (Å²) < 4.78 is 0. The number of aliphatic hydroxyl groups excluding tert-OH is 1. The van der Waals surface area contributed by atoms with Crippen molar-refractivity contribution in [1.82, 2.24) is 4.90 Å². The standard InChI is InChI=1S/C9H18N2O2/c1-7-2-4-11(9(7)13)5-3-8(10)6-12/h7-8,12H,2-6,10H2,1H3. The van der Waals surface area contributed by atoms with E-state index in [-0.39, 0.29) is 24.5 Å². The van der Waals surface area contributed by atoms with Crippen LogP contribution in [0.25, 0.3) is 0 Å². The molecule has 0 bridgehead atoms. The molecule has 1 aliphatic heterocycles. The summed E-state index contributed by atoms with van der Waals surface area (Å²) in [7, 11) is 0. The van der Waals surface area contributed by atoms with Crippen LogP contribution in [-0.4, -0.2) is 41.7 Å². The van der Waals surface area contributed by atoms with Crippen molar-refractivity contribution in [3.05, 3.63) is 0 Å².